The minimum absolute atomic E-state index is 0.175. The first-order valence-electron chi connectivity index (χ1n) is 14.4. The van der Waals surface area contributed by atoms with E-state index in [1.807, 2.05) is 0 Å². The summed E-state index contributed by atoms with van der Waals surface area (Å²) < 4.78 is 19.3. The van der Waals surface area contributed by atoms with E-state index in [1.54, 1.807) is 32.8 Å². The highest BCUT2D eigenvalue weighted by molar-refractivity contribution is 6.04. The van der Waals surface area contributed by atoms with Crippen molar-refractivity contribution in [3.63, 3.8) is 0 Å². The number of aliphatic hydroxyl groups is 3. The average molecular weight is 619 g/mol. The van der Waals surface area contributed by atoms with Crippen LogP contribution in [0.25, 0.3) is 0 Å². The first-order valence-corrected chi connectivity index (χ1v) is 14.4. The largest absolute Gasteiger partial charge is 0.394 e. The van der Waals surface area contributed by atoms with Crippen LogP contribution in [-0.4, -0.2) is 111 Å². The summed E-state index contributed by atoms with van der Waals surface area (Å²) in [7, 11) is 3.52. The second-order valence-electron chi connectivity index (χ2n) is 11.7. The lowest BCUT2D eigenvalue weighted by molar-refractivity contribution is -0.309. The number of aromatic nitrogens is 2. The van der Waals surface area contributed by atoms with Crippen LogP contribution in [0.4, 0.5) is 11.5 Å². The Balaban J connectivity index is 1.42. The molecule has 7 N–H and O–H groups in total. The van der Waals surface area contributed by atoms with Crippen molar-refractivity contribution in [2.24, 2.45) is 5.73 Å². The van der Waals surface area contributed by atoms with E-state index in [0.29, 0.717) is 18.5 Å². The van der Waals surface area contributed by atoms with Gasteiger partial charge in [-0.05, 0) is 78.0 Å². The lowest BCUT2D eigenvalue weighted by Gasteiger charge is -2.46. The number of hydrogen-bond acceptors (Lipinski definition) is 12. The van der Waals surface area contributed by atoms with Gasteiger partial charge in [-0.1, -0.05) is 0 Å². The molecule has 44 heavy (non-hydrogen) atoms. The van der Waals surface area contributed by atoms with Crippen LogP contribution >= 0.6 is 0 Å². The van der Waals surface area contributed by atoms with Gasteiger partial charge in [0.05, 0.1) is 37.1 Å². The number of likely N-dealkylation sites (N-methyl/N-ethyl adjacent to an activating group) is 1. The van der Waals surface area contributed by atoms with Crippen molar-refractivity contribution in [2.75, 3.05) is 31.3 Å². The third-order valence-corrected chi connectivity index (χ3v) is 7.97. The molecule has 0 aliphatic carbocycles. The molecule has 242 valence electrons. The van der Waals surface area contributed by atoms with Gasteiger partial charge in [0.2, 0.25) is 5.91 Å². The minimum Gasteiger partial charge on any atom is -0.394 e. The van der Waals surface area contributed by atoms with Crippen LogP contribution in [0, 0.1) is 0 Å². The molecule has 2 aliphatic rings. The van der Waals surface area contributed by atoms with Gasteiger partial charge in [0.25, 0.3) is 5.91 Å². The summed E-state index contributed by atoms with van der Waals surface area (Å²) in [5.74, 6) is -0.920. The standard InChI is InChI=1S/C29H42N6O9/c1-15-19(44-26-24(38)22(34(4)5)23(37)16(2)43-26)10-11-21(42-15)35-20(12-13-31-28(35)41)33-25(39)17-6-8-18(9-7-17)32-27(40)29(3,30)14-36/h6-9,12-13,15-16,19,21-24,26,36-38H,10-11,14,30H2,1-5H3,(H,32,40)(H,33,39)/t15-,16-,19+,21-,22+,23-,24-,26-,29+/m1/s1. The summed E-state index contributed by atoms with van der Waals surface area (Å²) in [6.45, 7) is 4.35. The van der Waals surface area contributed by atoms with Crippen molar-refractivity contribution in [2.45, 2.75) is 88.2 Å². The normalized spacial score (nSPS) is 30.4. The van der Waals surface area contributed by atoms with Crippen LogP contribution in [0.5, 0.6) is 0 Å². The van der Waals surface area contributed by atoms with Gasteiger partial charge in [-0.2, -0.15) is 0 Å². The Morgan fingerprint density at radius 1 is 1.09 bits per heavy atom. The zero-order chi connectivity index (χ0) is 32.3. The minimum atomic E-state index is -1.46. The summed E-state index contributed by atoms with van der Waals surface area (Å²) in [4.78, 5) is 43.7. The zero-order valence-electron chi connectivity index (χ0n) is 25.4. The summed E-state index contributed by atoms with van der Waals surface area (Å²) in [6.07, 6.45) is -3.24. The first-order chi connectivity index (χ1) is 20.7. The number of nitrogens with one attached hydrogen (secondary N) is 2. The lowest BCUT2D eigenvalue weighted by Crippen LogP contribution is -2.63. The Morgan fingerprint density at radius 3 is 2.39 bits per heavy atom. The van der Waals surface area contributed by atoms with Crippen LogP contribution in [0.3, 0.4) is 0 Å². The number of anilines is 2. The SMILES string of the molecule is C[C@H]1O[C@H](O[C@H]2CC[C@H](n3c(NC(=O)c4ccc(NC(=O)[C@@](C)(N)CO)cc4)ccnc3=O)O[C@@H]2C)[C@H](O)[C@@H](N(C)C)[C@@H]1O. The molecule has 0 spiro atoms. The van der Waals surface area contributed by atoms with Crippen molar-refractivity contribution in [3.05, 3.63) is 52.6 Å². The van der Waals surface area contributed by atoms with Crippen molar-refractivity contribution < 1.29 is 39.1 Å². The lowest BCUT2D eigenvalue weighted by atomic mass is 9.95. The van der Waals surface area contributed by atoms with Gasteiger partial charge >= 0.3 is 5.69 Å². The zero-order valence-corrected chi connectivity index (χ0v) is 25.4. The molecule has 0 unspecified atom stereocenters. The molecule has 2 aliphatic heterocycles. The summed E-state index contributed by atoms with van der Waals surface area (Å²) in [5.41, 5.74) is 4.30. The van der Waals surface area contributed by atoms with E-state index >= 15 is 0 Å². The van der Waals surface area contributed by atoms with Crippen LogP contribution in [0.15, 0.2) is 41.3 Å². The van der Waals surface area contributed by atoms with Crippen molar-refractivity contribution >= 4 is 23.3 Å². The van der Waals surface area contributed by atoms with Crippen LogP contribution in [0.2, 0.25) is 0 Å². The van der Waals surface area contributed by atoms with E-state index in [2.05, 4.69) is 15.6 Å². The van der Waals surface area contributed by atoms with E-state index in [0.717, 1.165) is 0 Å². The van der Waals surface area contributed by atoms with Crippen molar-refractivity contribution in [1.82, 2.24) is 14.5 Å². The maximum atomic E-state index is 13.1. The van der Waals surface area contributed by atoms with Gasteiger partial charge in [-0.3, -0.25) is 14.2 Å². The van der Waals surface area contributed by atoms with E-state index in [1.165, 1.54) is 48.0 Å². The van der Waals surface area contributed by atoms with Gasteiger partial charge in [0, 0.05) is 17.4 Å². The Bertz CT molecular complexity index is 1370. The third-order valence-electron chi connectivity index (χ3n) is 7.97. The Labute approximate surface area is 254 Å². The summed E-state index contributed by atoms with van der Waals surface area (Å²) in [5, 5.41) is 35.9. The van der Waals surface area contributed by atoms with Gasteiger partial charge < -0.3 is 50.8 Å². The molecule has 15 heteroatoms. The van der Waals surface area contributed by atoms with Crippen molar-refractivity contribution in [3.8, 4) is 0 Å². The molecule has 2 saturated heterocycles. The molecular weight excluding hydrogens is 576 g/mol. The fourth-order valence-electron chi connectivity index (χ4n) is 5.26. The Hall–Kier alpha value is -3.28. The second kappa shape index (κ2) is 13.8. The number of hydrogen-bond donors (Lipinski definition) is 6. The molecular formula is C29H42N6O9. The van der Waals surface area contributed by atoms with Crippen LogP contribution < -0.4 is 22.1 Å². The molecule has 3 heterocycles. The first kappa shape index (κ1) is 33.6. The molecule has 2 fully saturated rings. The van der Waals surface area contributed by atoms with E-state index in [-0.39, 0.29) is 11.4 Å². The third kappa shape index (κ3) is 7.33. The van der Waals surface area contributed by atoms with E-state index < -0.39 is 78.7 Å². The molecule has 1 aromatic carbocycles. The fourth-order valence-corrected chi connectivity index (χ4v) is 5.26. The fraction of sp³-hybridized carbons (Fsp3) is 0.586. The highest BCUT2D eigenvalue weighted by Crippen LogP contribution is 2.33. The molecule has 4 rings (SSSR count). The molecule has 0 radical (unpaired) electrons. The number of rotatable bonds is 9. The van der Waals surface area contributed by atoms with Gasteiger partial charge in [-0.15, -0.1) is 0 Å². The predicted molar refractivity (Wildman–Crippen MR) is 159 cm³/mol. The van der Waals surface area contributed by atoms with Gasteiger partial charge in [-0.25, -0.2) is 9.78 Å². The average Bonchev–Trinajstić information content (AvgIpc) is 2.97. The number of nitrogens with two attached hydrogens (primary N) is 1. The molecule has 2 amide bonds. The molecule has 2 aromatic rings. The molecule has 15 nitrogen and oxygen atoms in total. The van der Waals surface area contributed by atoms with E-state index in [4.69, 9.17) is 19.9 Å². The predicted octanol–water partition coefficient (Wildman–Crippen LogP) is -0.377. The topological polar surface area (TPSA) is 211 Å². The smallest absolute Gasteiger partial charge is 0.351 e. The number of carbonyl (C=O) groups is 2. The number of amides is 2. The summed E-state index contributed by atoms with van der Waals surface area (Å²) >= 11 is 0. The van der Waals surface area contributed by atoms with Crippen LogP contribution in [0.1, 0.15) is 50.2 Å². The summed E-state index contributed by atoms with van der Waals surface area (Å²) in [6, 6.07) is 6.92. The number of ether oxygens (including phenoxy) is 3. The molecule has 0 saturated carbocycles. The van der Waals surface area contributed by atoms with Crippen molar-refractivity contribution in [1.29, 1.82) is 0 Å². The Kier molecular flexibility index (Phi) is 10.5. The second-order valence-corrected chi connectivity index (χ2v) is 11.7. The number of aliphatic hydroxyl groups excluding tert-OH is 3. The van der Waals surface area contributed by atoms with Crippen LogP contribution in [-0.2, 0) is 19.0 Å². The number of benzene rings is 1. The number of carbonyl (C=O) groups excluding carboxylic acids is 2. The van der Waals surface area contributed by atoms with Gasteiger partial charge in [0.15, 0.2) is 6.29 Å². The van der Waals surface area contributed by atoms with Gasteiger partial charge in [0.1, 0.15) is 23.7 Å². The molecule has 1 aromatic heterocycles. The highest BCUT2D eigenvalue weighted by atomic mass is 16.7. The highest BCUT2D eigenvalue weighted by Gasteiger charge is 2.46. The molecule has 9 atom stereocenters. The van der Waals surface area contributed by atoms with E-state index in [9.17, 15) is 29.7 Å². The maximum absolute atomic E-state index is 13.1. The monoisotopic (exact) mass is 618 g/mol. The quantitative estimate of drug-likeness (QED) is 0.212. The molecule has 0 bridgehead atoms. The Morgan fingerprint density at radius 2 is 1.77 bits per heavy atom. The number of nitrogens with zero attached hydrogens (tertiary/aromatic N) is 3. The maximum Gasteiger partial charge on any atom is 0.351 e.